The van der Waals surface area contributed by atoms with Gasteiger partial charge in [0.25, 0.3) is 5.09 Å². The zero-order chi connectivity index (χ0) is 17.0. The predicted octanol–water partition coefficient (Wildman–Crippen LogP) is 3.36. The van der Waals surface area contributed by atoms with Gasteiger partial charge in [0, 0.05) is 13.0 Å². The molecule has 0 saturated heterocycles. The maximum Gasteiger partial charge on any atom is 0.291 e. The number of carbonyl (C=O) groups is 1. The van der Waals surface area contributed by atoms with Gasteiger partial charge < -0.3 is 10.5 Å². The van der Waals surface area contributed by atoms with Gasteiger partial charge in [-0.3, -0.25) is 4.79 Å². The maximum absolute atomic E-state index is 12.3. The number of nitrogens with one attached hydrogen (secondary N) is 1. The first kappa shape index (κ1) is 20.1. The van der Waals surface area contributed by atoms with E-state index >= 15 is 0 Å². The number of benzene rings is 1. The lowest BCUT2D eigenvalue weighted by molar-refractivity contribution is -0.742. The molecule has 0 aliphatic heterocycles. The van der Waals surface area contributed by atoms with Crippen LogP contribution < -0.4 is 5.32 Å². The molecule has 0 unspecified atom stereocenters. The molecule has 0 amide bonds. The lowest BCUT2D eigenvalue weighted by Crippen LogP contribution is -2.50. The third-order valence-electron chi connectivity index (χ3n) is 3.69. The number of nitrogens with zero attached hydrogens (tertiary/aromatic N) is 1. The van der Waals surface area contributed by atoms with Crippen LogP contribution in [-0.4, -0.2) is 21.6 Å². The standard InChI is InChI=1S/C16H25NO.HNO3/c1-4-10-15(18)16(5-2,6-3)17-13-14-11-8-7-9-12-14;2-1(3)4/h7-9,11-12,17H,4-6,10,13H2,1-3H3;(H,2,3,4). The Morgan fingerprint density at radius 1 is 1.23 bits per heavy atom. The molecule has 1 aromatic rings. The molecule has 0 fully saturated rings. The minimum absolute atomic E-state index is 0.341. The van der Waals surface area contributed by atoms with Crippen LogP contribution >= 0.6 is 0 Å². The number of hydrogen-bond donors (Lipinski definition) is 2. The van der Waals surface area contributed by atoms with Crippen molar-refractivity contribution in [2.45, 2.75) is 58.5 Å². The Morgan fingerprint density at radius 2 is 1.73 bits per heavy atom. The molecule has 0 aromatic heterocycles. The first-order valence-corrected chi connectivity index (χ1v) is 7.57. The Balaban J connectivity index is 0.000000980. The molecular weight excluding hydrogens is 284 g/mol. The molecule has 6 nitrogen and oxygen atoms in total. The van der Waals surface area contributed by atoms with E-state index in [2.05, 4.69) is 38.2 Å². The number of hydrogen-bond acceptors (Lipinski definition) is 4. The number of ketones is 1. The third-order valence-corrected chi connectivity index (χ3v) is 3.69. The van der Waals surface area contributed by atoms with E-state index < -0.39 is 5.09 Å². The van der Waals surface area contributed by atoms with E-state index in [1.165, 1.54) is 5.56 Å². The van der Waals surface area contributed by atoms with Gasteiger partial charge in [-0.2, -0.15) is 0 Å². The fourth-order valence-electron chi connectivity index (χ4n) is 2.33. The average molecular weight is 310 g/mol. The Labute approximate surface area is 131 Å². The van der Waals surface area contributed by atoms with Gasteiger partial charge >= 0.3 is 0 Å². The topological polar surface area (TPSA) is 92.5 Å². The summed E-state index contributed by atoms with van der Waals surface area (Å²) in [5.74, 6) is 0.353. The molecule has 0 spiro atoms. The second kappa shape index (κ2) is 10.7. The Morgan fingerprint density at radius 3 is 2.14 bits per heavy atom. The Hall–Kier alpha value is -1.95. The van der Waals surface area contributed by atoms with Gasteiger partial charge in [-0.15, -0.1) is 10.1 Å². The molecule has 0 atom stereocenters. The molecule has 6 heteroatoms. The van der Waals surface area contributed by atoms with Crippen molar-refractivity contribution >= 4 is 5.78 Å². The van der Waals surface area contributed by atoms with E-state index in [9.17, 15) is 4.79 Å². The fraction of sp³-hybridized carbons (Fsp3) is 0.562. The smallest absolute Gasteiger partial charge is 0.291 e. The molecule has 0 saturated carbocycles. The highest BCUT2D eigenvalue weighted by Crippen LogP contribution is 2.20. The van der Waals surface area contributed by atoms with E-state index in [-0.39, 0.29) is 5.54 Å². The van der Waals surface area contributed by atoms with E-state index in [0.717, 1.165) is 25.8 Å². The van der Waals surface area contributed by atoms with Gasteiger partial charge in [0.15, 0.2) is 5.78 Å². The van der Waals surface area contributed by atoms with E-state index in [1.807, 2.05) is 18.2 Å². The molecule has 22 heavy (non-hydrogen) atoms. The summed E-state index contributed by atoms with van der Waals surface area (Å²) in [5.41, 5.74) is 0.888. The quantitative estimate of drug-likeness (QED) is 0.567. The first-order valence-electron chi connectivity index (χ1n) is 7.57. The van der Waals surface area contributed by atoms with Crippen molar-refractivity contribution in [2.24, 2.45) is 0 Å². The fourth-order valence-corrected chi connectivity index (χ4v) is 2.33. The largest absolute Gasteiger partial charge is 0.328 e. The van der Waals surface area contributed by atoms with Crippen molar-refractivity contribution in [3.63, 3.8) is 0 Å². The van der Waals surface area contributed by atoms with Crippen LogP contribution in [0.5, 0.6) is 0 Å². The van der Waals surface area contributed by atoms with Crippen molar-refractivity contribution < 1.29 is 15.1 Å². The van der Waals surface area contributed by atoms with Gasteiger partial charge in [0.1, 0.15) is 0 Å². The summed E-state index contributed by atoms with van der Waals surface area (Å²) in [7, 11) is 0. The zero-order valence-corrected chi connectivity index (χ0v) is 13.5. The van der Waals surface area contributed by atoms with Crippen LogP contribution in [0.15, 0.2) is 30.3 Å². The Kier molecular flexibility index (Phi) is 9.78. The number of carbonyl (C=O) groups excluding carboxylic acids is 1. The molecule has 0 heterocycles. The molecule has 2 N–H and O–H groups in total. The van der Waals surface area contributed by atoms with Crippen molar-refractivity contribution in [1.82, 2.24) is 5.32 Å². The average Bonchev–Trinajstić information content (AvgIpc) is 2.49. The van der Waals surface area contributed by atoms with Gasteiger partial charge in [-0.25, -0.2) is 0 Å². The molecule has 124 valence electrons. The van der Waals surface area contributed by atoms with Crippen LogP contribution in [0, 0.1) is 10.1 Å². The highest BCUT2D eigenvalue weighted by atomic mass is 16.9. The summed E-state index contributed by atoms with van der Waals surface area (Å²) in [6, 6.07) is 10.3. The number of Topliss-reactive ketones (excluding diaryl/α,β-unsaturated/α-hetero) is 1. The van der Waals surface area contributed by atoms with Crippen LogP contribution in [0.2, 0.25) is 0 Å². The van der Waals surface area contributed by atoms with Crippen molar-refractivity contribution in [3.8, 4) is 0 Å². The molecule has 0 radical (unpaired) electrons. The van der Waals surface area contributed by atoms with Crippen LogP contribution in [0.3, 0.4) is 0 Å². The summed E-state index contributed by atoms with van der Waals surface area (Å²) in [4.78, 5) is 20.6. The van der Waals surface area contributed by atoms with Crippen molar-refractivity contribution in [1.29, 1.82) is 0 Å². The molecular formula is C16H26N2O4. The highest BCUT2D eigenvalue weighted by Gasteiger charge is 2.32. The van der Waals surface area contributed by atoms with Gasteiger partial charge in [0.2, 0.25) is 0 Å². The second-order valence-electron chi connectivity index (χ2n) is 5.04. The minimum atomic E-state index is -1.50. The molecule has 1 rings (SSSR count). The summed E-state index contributed by atoms with van der Waals surface area (Å²) in [6.07, 6.45) is 3.31. The molecule has 0 aliphatic rings. The Bertz CT molecular complexity index is 441. The normalized spacial score (nSPS) is 10.5. The maximum atomic E-state index is 12.3. The van der Waals surface area contributed by atoms with E-state index in [0.29, 0.717) is 12.2 Å². The monoisotopic (exact) mass is 310 g/mol. The lowest BCUT2D eigenvalue weighted by atomic mass is 9.85. The van der Waals surface area contributed by atoms with Gasteiger partial charge in [-0.05, 0) is 24.8 Å². The summed E-state index contributed by atoms with van der Waals surface area (Å²) < 4.78 is 0. The van der Waals surface area contributed by atoms with Crippen LogP contribution in [0.25, 0.3) is 0 Å². The summed E-state index contributed by atoms with van der Waals surface area (Å²) in [6.45, 7) is 7.01. The first-order chi connectivity index (χ1) is 10.4. The second-order valence-corrected chi connectivity index (χ2v) is 5.04. The predicted molar refractivity (Wildman–Crippen MR) is 85.3 cm³/mol. The lowest BCUT2D eigenvalue weighted by Gasteiger charge is -2.31. The number of rotatable bonds is 8. The van der Waals surface area contributed by atoms with Crippen LogP contribution in [-0.2, 0) is 11.3 Å². The van der Waals surface area contributed by atoms with Crippen LogP contribution in [0.4, 0.5) is 0 Å². The van der Waals surface area contributed by atoms with E-state index in [4.69, 9.17) is 15.3 Å². The van der Waals surface area contributed by atoms with Crippen LogP contribution in [0.1, 0.15) is 52.0 Å². The summed E-state index contributed by atoms with van der Waals surface area (Å²) >= 11 is 0. The zero-order valence-electron chi connectivity index (χ0n) is 13.5. The summed E-state index contributed by atoms with van der Waals surface area (Å²) in [5, 5.41) is 17.1. The van der Waals surface area contributed by atoms with Crippen molar-refractivity contribution in [2.75, 3.05) is 0 Å². The van der Waals surface area contributed by atoms with Gasteiger partial charge in [-0.1, -0.05) is 51.1 Å². The molecule has 0 bridgehead atoms. The minimum Gasteiger partial charge on any atom is -0.328 e. The SMILES string of the molecule is CCCC(=O)C(CC)(CC)NCc1ccccc1.O=[N+]([O-])O. The highest BCUT2D eigenvalue weighted by molar-refractivity contribution is 5.88. The van der Waals surface area contributed by atoms with E-state index in [1.54, 1.807) is 0 Å². The van der Waals surface area contributed by atoms with Crippen molar-refractivity contribution in [3.05, 3.63) is 46.0 Å². The molecule has 0 aliphatic carbocycles. The molecule has 1 aromatic carbocycles. The van der Waals surface area contributed by atoms with Gasteiger partial charge in [0.05, 0.1) is 5.54 Å². The third kappa shape index (κ3) is 7.17.